The van der Waals surface area contributed by atoms with Gasteiger partial charge in [-0.05, 0) is 50.6 Å². The highest BCUT2D eigenvalue weighted by molar-refractivity contribution is 5.91. The Morgan fingerprint density at radius 2 is 2.03 bits per heavy atom. The molecule has 2 aromatic rings. The van der Waals surface area contributed by atoms with Crippen LogP contribution < -0.4 is 16.6 Å². The van der Waals surface area contributed by atoms with Crippen LogP contribution in [0.15, 0.2) is 21.9 Å². The van der Waals surface area contributed by atoms with E-state index in [-0.39, 0.29) is 23.2 Å². The lowest BCUT2D eigenvalue weighted by Gasteiger charge is -2.35. The van der Waals surface area contributed by atoms with Crippen molar-refractivity contribution in [2.75, 3.05) is 19.6 Å². The lowest BCUT2D eigenvalue weighted by Crippen LogP contribution is -2.48. The minimum Gasteiger partial charge on any atom is -0.349 e. The molecule has 156 valence electrons. The second kappa shape index (κ2) is 8.77. The summed E-state index contributed by atoms with van der Waals surface area (Å²) in [6, 6.07) is 1.97. The molecule has 0 bridgehead atoms. The van der Waals surface area contributed by atoms with E-state index >= 15 is 0 Å². The van der Waals surface area contributed by atoms with Crippen molar-refractivity contribution in [1.29, 1.82) is 0 Å². The molecule has 1 atom stereocenters. The zero-order valence-electron chi connectivity index (χ0n) is 16.6. The molecule has 0 saturated carbocycles. The summed E-state index contributed by atoms with van der Waals surface area (Å²) in [5.41, 5.74) is 2.00. The van der Waals surface area contributed by atoms with Crippen LogP contribution >= 0.6 is 0 Å². The average molecular weight is 400 g/mol. The molecule has 9 nitrogen and oxygen atoms in total. The number of nitrogens with zero attached hydrogens (tertiary/aromatic N) is 3. The molecule has 0 aromatic carbocycles. The van der Waals surface area contributed by atoms with Crippen LogP contribution in [0.3, 0.4) is 0 Å². The molecule has 1 unspecified atom stereocenters. The van der Waals surface area contributed by atoms with Crippen molar-refractivity contribution in [3.63, 3.8) is 0 Å². The summed E-state index contributed by atoms with van der Waals surface area (Å²) < 4.78 is 1.60. The molecule has 1 saturated heterocycles. The number of aromatic amines is 2. The van der Waals surface area contributed by atoms with E-state index in [0.29, 0.717) is 13.1 Å². The minimum absolute atomic E-state index is 0.0241. The van der Waals surface area contributed by atoms with Gasteiger partial charge in [0.1, 0.15) is 5.69 Å². The second-order valence-corrected chi connectivity index (χ2v) is 7.94. The van der Waals surface area contributed by atoms with E-state index in [4.69, 9.17) is 0 Å². The Labute approximate surface area is 168 Å². The lowest BCUT2D eigenvalue weighted by molar-refractivity contribution is 0.0904. The molecule has 2 aliphatic rings. The Kier molecular flexibility index (Phi) is 5.94. The summed E-state index contributed by atoms with van der Waals surface area (Å²) >= 11 is 0. The topological polar surface area (TPSA) is 116 Å². The van der Waals surface area contributed by atoms with Gasteiger partial charge in [-0.15, -0.1) is 0 Å². The van der Waals surface area contributed by atoms with Crippen molar-refractivity contribution < 1.29 is 4.79 Å². The molecular formula is C20H28N6O3. The van der Waals surface area contributed by atoms with Crippen LogP contribution in [0.5, 0.6) is 0 Å². The second-order valence-electron chi connectivity index (χ2n) is 7.94. The maximum Gasteiger partial charge on any atom is 0.323 e. The molecule has 9 heteroatoms. The quantitative estimate of drug-likeness (QED) is 0.650. The number of carbonyl (C=O) groups excluding carboxylic acids is 1. The van der Waals surface area contributed by atoms with Gasteiger partial charge in [0, 0.05) is 31.4 Å². The summed E-state index contributed by atoms with van der Waals surface area (Å²) in [6.45, 7) is 2.74. The summed E-state index contributed by atoms with van der Waals surface area (Å²) in [5, 5.41) is 7.52. The number of rotatable bonds is 6. The molecule has 0 radical (unpaired) electrons. The van der Waals surface area contributed by atoms with E-state index in [9.17, 15) is 14.4 Å². The normalized spacial score (nSPS) is 19.7. The number of piperidine rings is 1. The number of H-pyrrole nitrogens is 2. The monoisotopic (exact) mass is 400 g/mol. The Hall–Kier alpha value is -2.68. The largest absolute Gasteiger partial charge is 0.349 e. The first-order valence-electron chi connectivity index (χ1n) is 10.5. The fourth-order valence-electron chi connectivity index (χ4n) is 4.33. The maximum atomic E-state index is 12.4. The fraction of sp³-hybridized carbons (Fsp3) is 0.600. The van der Waals surface area contributed by atoms with E-state index < -0.39 is 5.69 Å². The van der Waals surface area contributed by atoms with Crippen molar-refractivity contribution in [3.8, 4) is 0 Å². The van der Waals surface area contributed by atoms with Crippen LogP contribution in [0.2, 0.25) is 0 Å². The molecule has 2 aromatic heterocycles. The predicted octanol–water partition coefficient (Wildman–Crippen LogP) is 0.423. The van der Waals surface area contributed by atoms with Gasteiger partial charge < -0.3 is 15.3 Å². The number of nitrogens with one attached hydrogen (secondary N) is 3. The van der Waals surface area contributed by atoms with Crippen molar-refractivity contribution in [2.24, 2.45) is 0 Å². The standard InChI is InChI=1S/C20H28N6O3/c27-18-11-14-5-1-2-7-16(14)24-26(18)10-9-25-8-4-3-6-15(25)12-21-19(28)17-13-22-20(29)23-17/h11,13,15H,1-10,12H2,(H,21,28)(H2,22,23,29). The number of aromatic nitrogens is 4. The molecular weight excluding hydrogens is 372 g/mol. The average Bonchev–Trinajstić information content (AvgIpc) is 3.17. The summed E-state index contributed by atoms with van der Waals surface area (Å²) in [4.78, 5) is 43.0. The van der Waals surface area contributed by atoms with E-state index in [2.05, 4.69) is 25.3 Å². The first-order valence-corrected chi connectivity index (χ1v) is 10.5. The smallest absolute Gasteiger partial charge is 0.323 e. The number of fused-ring (bicyclic) bond motifs is 1. The van der Waals surface area contributed by atoms with Gasteiger partial charge in [-0.2, -0.15) is 5.10 Å². The first-order chi connectivity index (χ1) is 14.1. The molecule has 29 heavy (non-hydrogen) atoms. The maximum absolute atomic E-state index is 12.4. The van der Waals surface area contributed by atoms with Crippen LogP contribution in [0.4, 0.5) is 0 Å². The zero-order chi connectivity index (χ0) is 20.2. The van der Waals surface area contributed by atoms with Crippen LogP contribution in [-0.4, -0.2) is 56.2 Å². The number of amides is 1. The SMILES string of the molecule is O=C(NCC1CCCCN1CCn1nc2c(cc1=O)CCCC2)c1c[nH]c(=O)[nH]1. The highest BCUT2D eigenvalue weighted by Crippen LogP contribution is 2.18. The molecule has 1 aliphatic heterocycles. The fourth-order valence-corrected chi connectivity index (χ4v) is 4.33. The van der Waals surface area contributed by atoms with Gasteiger partial charge in [0.2, 0.25) is 0 Å². The minimum atomic E-state index is -0.391. The van der Waals surface area contributed by atoms with E-state index in [0.717, 1.165) is 69.3 Å². The van der Waals surface area contributed by atoms with E-state index in [1.807, 2.05) is 0 Å². The number of likely N-dealkylation sites (tertiary alicyclic amines) is 1. The van der Waals surface area contributed by atoms with Crippen LogP contribution in [0.25, 0.3) is 0 Å². The van der Waals surface area contributed by atoms with Crippen LogP contribution in [-0.2, 0) is 19.4 Å². The van der Waals surface area contributed by atoms with Crippen molar-refractivity contribution in [2.45, 2.75) is 57.5 Å². The molecule has 4 rings (SSSR count). The van der Waals surface area contributed by atoms with Gasteiger partial charge in [-0.25, -0.2) is 9.48 Å². The molecule has 1 aliphatic carbocycles. The third-order valence-corrected chi connectivity index (χ3v) is 5.96. The summed E-state index contributed by atoms with van der Waals surface area (Å²) in [5.74, 6) is -0.290. The van der Waals surface area contributed by atoms with Crippen LogP contribution in [0, 0.1) is 0 Å². The van der Waals surface area contributed by atoms with E-state index in [1.54, 1.807) is 10.7 Å². The molecule has 3 N–H and O–H groups in total. The third kappa shape index (κ3) is 4.67. The Morgan fingerprint density at radius 3 is 2.86 bits per heavy atom. The molecule has 0 spiro atoms. The third-order valence-electron chi connectivity index (χ3n) is 5.96. The number of hydrogen-bond acceptors (Lipinski definition) is 5. The van der Waals surface area contributed by atoms with Crippen molar-refractivity contribution >= 4 is 5.91 Å². The van der Waals surface area contributed by atoms with Gasteiger partial charge in [0.05, 0.1) is 12.2 Å². The molecule has 3 heterocycles. The van der Waals surface area contributed by atoms with E-state index in [1.165, 1.54) is 6.20 Å². The molecule has 1 amide bonds. The first kappa shape index (κ1) is 19.6. The van der Waals surface area contributed by atoms with Gasteiger partial charge in [0.25, 0.3) is 11.5 Å². The zero-order valence-corrected chi connectivity index (χ0v) is 16.6. The number of imidazole rings is 1. The number of hydrogen-bond donors (Lipinski definition) is 3. The predicted molar refractivity (Wildman–Crippen MR) is 108 cm³/mol. The number of aryl methyl sites for hydroxylation is 2. The van der Waals surface area contributed by atoms with Gasteiger partial charge in [0.15, 0.2) is 0 Å². The van der Waals surface area contributed by atoms with Crippen LogP contribution in [0.1, 0.15) is 53.8 Å². The van der Waals surface area contributed by atoms with Crippen molar-refractivity contribution in [1.82, 2.24) is 30.0 Å². The van der Waals surface area contributed by atoms with Crippen molar-refractivity contribution in [3.05, 3.63) is 50.1 Å². The van der Waals surface area contributed by atoms with Gasteiger partial charge >= 0.3 is 5.69 Å². The summed E-state index contributed by atoms with van der Waals surface area (Å²) in [6.07, 6.45) is 8.79. The highest BCUT2D eigenvalue weighted by Gasteiger charge is 2.23. The Morgan fingerprint density at radius 1 is 1.17 bits per heavy atom. The molecule has 1 fully saturated rings. The van der Waals surface area contributed by atoms with Gasteiger partial charge in [-0.1, -0.05) is 6.42 Å². The Balaban J connectivity index is 1.36. The Bertz CT molecular complexity index is 975. The van der Waals surface area contributed by atoms with Gasteiger partial charge in [-0.3, -0.25) is 14.5 Å². The highest BCUT2D eigenvalue weighted by atomic mass is 16.2. The number of carbonyl (C=O) groups is 1. The summed E-state index contributed by atoms with van der Waals surface area (Å²) in [7, 11) is 0. The lowest BCUT2D eigenvalue weighted by atomic mass is 9.97.